The zero-order valence-corrected chi connectivity index (χ0v) is 19.2. The van der Waals surface area contributed by atoms with Gasteiger partial charge in [-0.3, -0.25) is 4.99 Å². The highest BCUT2D eigenvalue weighted by molar-refractivity contribution is 6.03. The Morgan fingerprint density at radius 3 is 2.66 bits per heavy atom. The standard InChI is InChI=1S/C28H24FN3O3/c1-2-12-35-21-5-3-4-19(13-21)17-6-8-18(9-7-17)26-23-15-30-16-25(28(33)34)32-27(23)22-14-20(29)10-11-24(22)31-26/h3-11,13-14,16,25,32H,2,12,15H2,1H3,(H,33,34). The van der Waals surface area contributed by atoms with Gasteiger partial charge in [-0.2, -0.15) is 0 Å². The fourth-order valence-corrected chi connectivity index (χ4v) is 4.21. The number of anilines is 1. The van der Waals surface area contributed by atoms with Crippen LogP contribution in [-0.2, 0) is 11.3 Å². The number of aliphatic carboxylic acids is 1. The van der Waals surface area contributed by atoms with Gasteiger partial charge in [0.25, 0.3) is 0 Å². The lowest BCUT2D eigenvalue weighted by Crippen LogP contribution is -2.30. The third-order valence-corrected chi connectivity index (χ3v) is 5.92. The second-order valence-electron chi connectivity index (χ2n) is 8.38. The van der Waals surface area contributed by atoms with E-state index < -0.39 is 17.8 Å². The van der Waals surface area contributed by atoms with Crippen LogP contribution in [0, 0.1) is 5.82 Å². The van der Waals surface area contributed by atoms with Crippen LogP contribution in [0.1, 0.15) is 18.9 Å². The second-order valence-corrected chi connectivity index (χ2v) is 8.38. The molecule has 176 valence electrons. The summed E-state index contributed by atoms with van der Waals surface area (Å²) in [5, 5.41) is 13.1. The SMILES string of the molecule is CCCOc1cccc(-c2ccc(-c3nc4ccc(F)cc4c4c3CN=CC(C(=O)O)N4)cc2)c1. The van der Waals surface area contributed by atoms with Crippen LogP contribution < -0.4 is 10.1 Å². The molecule has 1 aromatic heterocycles. The molecule has 3 aromatic carbocycles. The van der Waals surface area contributed by atoms with Crippen molar-refractivity contribution in [1.82, 2.24) is 4.98 Å². The molecular formula is C28H24FN3O3. The molecule has 0 saturated carbocycles. The molecular weight excluding hydrogens is 445 g/mol. The average molecular weight is 470 g/mol. The van der Waals surface area contributed by atoms with Gasteiger partial charge in [0.05, 0.1) is 30.0 Å². The molecule has 1 aliphatic rings. The first-order chi connectivity index (χ1) is 17.0. The Morgan fingerprint density at radius 2 is 1.89 bits per heavy atom. The topological polar surface area (TPSA) is 83.8 Å². The van der Waals surface area contributed by atoms with Crippen LogP contribution in [0.4, 0.5) is 10.1 Å². The van der Waals surface area contributed by atoms with Gasteiger partial charge in [0.2, 0.25) is 0 Å². The van der Waals surface area contributed by atoms with Crippen molar-refractivity contribution in [2.45, 2.75) is 25.9 Å². The number of carboxylic acid groups (broad SMARTS) is 1. The Hall–Kier alpha value is -4.26. The number of rotatable bonds is 6. The van der Waals surface area contributed by atoms with E-state index in [0.717, 1.165) is 34.4 Å². The third-order valence-electron chi connectivity index (χ3n) is 5.92. The van der Waals surface area contributed by atoms with Crippen LogP contribution in [0.5, 0.6) is 5.75 Å². The maximum atomic E-state index is 14.1. The van der Waals surface area contributed by atoms with Crippen LogP contribution >= 0.6 is 0 Å². The van der Waals surface area contributed by atoms with Crippen LogP contribution in [0.15, 0.2) is 71.7 Å². The monoisotopic (exact) mass is 469 g/mol. The quantitative estimate of drug-likeness (QED) is 0.365. The highest BCUT2D eigenvalue weighted by Gasteiger charge is 2.24. The predicted octanol–water partition coefficient (Wildman–Crippen LogP) is 5.95. The molecule has 1 unspecified atom stereocenters. The Bertz CT molecular complexity index is 1430. The molecule has 1 aliphatic heterocycles. The second kappa shape index (κ2) is 9.54. The van der Waals surface area contributed by atoms with Crippen molar-refractivity contribution in [3.05, 3.63) is 78.1 Å². The van der Waals surface area contributed by atoms with Crippen molar-refractivity contribution in [2.24, 2.45) is 4.99 Å². The zero-order chi connectivity index (χ0) is 24.4. The normalized spacial score (nSPS) is 14.7. The van der Waals surface area contributed by atoms with Gasteiger partial charge < -0.3 is 15.2 Å². The van der Waals surface area contributed by atoms with Crippen LogP contribution in [0.3, 0.4) is 0 Å². The number of hydrogen-bond acceptors (Lipinski definition) is 5. The minimum atomic E-state index is -1.06. The van der Waals surface area contributed by atoms with E-state index in [1.54, 1.807) is 6.07 Å². The number of benzene rings is 3. The molecule has 0 spiro atoms. The van der Waals surface area contributed by atoms with Gasteiger partial charge in [0.1, 0.15) is 11.6 Å². The van der Waals surface area contributed by atoms with E-state index in [1.807, 2.05) is 48.5 Å². The van der Waals surface area contributed by atoms with Gasteiger partial charge in [-0.05, 0) is 47.9 Å². The summed E-state index contributed by atoms with van der Waals surface area (Å²) >= 11 is 0. The number of nitrogens with zero attached hydrogens (tertiary/aromatic N) is 2. The van der Waals surface area contributed by atoms with E-state index in [4.69, 9.17) is 9.72 Å². The number of pyridine rings is 1. The van der Waals surface area contributed by atoms with Crippen LogP contribution in [0.2, 0.25) is 0 Å². The predicted molar refractivity (Wildman–Crippen MR) is 136 cm³/mol. The van der Waals surface area contributed by atoms with Gasteiger partial charge in [-0.25, -0.2) is 14.2 Å². The van der Waals surface area contributed by atoms with E-state index in [9.17, 15) is 14.3 Å². The lowest BCUT2D eigenvalue weighted by atomic mass is 9.98. The number of ether oxygens (including phenoxy) is 1. The van der Waals surface area contributed by atoms with E-state index in [2.05, 4.69) is 17.2 Å². The van der Waals surface area contributed by atoms with Crippen molar-refractivity contribution >= 4 is 28.8 Å². The summed E-state index contributed by atoms with van der Waals surface area (Å²) in [6, 6.07) is 19.3. The van der Waals surface area contributed by atoms with Crippen LogP contribution in [0.25, 0.3) is 33.3 Å². The van der Waals surface area contributed by atoms with E-state index in [0.29, 0.717) is 28.9 Å². The van der Waals surface area contributed by atoms with Gasteiger partial charge in [-0.1, -0.05) is 43.3 Å². The molecule has 0 aliphatic carbocycles. The smallest absolute Gasteiger partial charge is 0.331 e. The van der Waals surface area contributed by atoms with Crippen molar-refractivity contribution < 1.29 is 19.0 Å². The minimum absolute atomic E-state index is 0.236. The number of aromatic nitrogens is 1. The van der Waals surface area contributed by atoms with Gasteiger partial charge >= 0.3 is 5.97 Å². The van der Waals surface area contributed by atoms with E-state index in [-0.39, 0.29) is 6.54 Å². The molecule has 5 rings (SSSR count). The number of carboxylic acids is 1. The lowest BCUT2D eigenvalue weighted by Gasteiger charge is -2.18. The molecule has 2 N–H and O–H groups in total. The number of fused-ring (bicyclic) bond motifs is 3. The highest BCUT2D eigenvalue weighted by Crippen LogP contribution is 2.37. The molecule has 0 saturated heterocycles. The summed E-state index contributed by atoms with van der Waals surface area (Å²) in [5.74, 6) is -0.638. The Balaban J connectivity index is 1.58. The first kappa shape index (κ1) is 22.5. The summed E-state index contributed by atoms with van der Waals surface area (Å²) in [6.07, 6.45) is 2.31. The fraction of sp³-hybridized carbons (Fsp3) is 0.179. The van der Waals surface area contributed by atoms with Gasteiger partial charge in [-0.15, -0.1) is 0 Å². The molecule has 0 amide bonds. The van der Waals surface area contributed by atoms with Gasteiger partial charge in [0.15, 0.2) is 6.04 Å². The maximum Gasteiger partial charge on any atom is 0.331 e. The molecule has 7 heteroatoms. The van der Waals surface area contributed by atoms with Crippen molar-refractivity contribution in [3.63, 3.8) is 0 Å². The maximum absolute atomic E-state index is 14.1. The third kappa shape index (κ3) is 4.57. The summed E-state index contributed by atoms with van der Waals surface area (Å²) in [5.41, 5.74) is 5.46. The summed E-state index contributed by atoms with van der Waals surface area (Å²) in [7, 11) is 0. The molecule has 0 radical (unpaired) electrons. The summed E-state index contributed by atoms with van der Waals surface area (Å²) < 4.78 is 19.8. The molecule has 4 aromatic rings. The molecule has 0 fully saturated rings. The Morgan fingerprint density at radius 1 is 1.09 bits per heavy atom. The van der Waals surface area contributed by atoms with Crippen molar-refractivity contribution in [2.75, 3.05) is 11.9 Å². The average Bonchev–Trinajstić information content (AvgIpc) is 3.11. The summed E-state index contributed by atoms with van der Waals surface area (Å²) in [4.78, 5) is 20.8. The molecule has 35 heavy (non-hydrogen) atoms. The molecule has 0 bridgehead atoms. The van der Waals surface area contributed by atoms with E-state index >= 15 is 0 Å². The highest BCUT2D eigenvalue weighted by atomic mass is 19.1. The van der Waals surface area contributed by atoms with Crippen molar-refractivity contribution in [3.8, 4) is 28.1 Å². The number of halogens is 1. The van der Waals surface area contributed by atoms with E-state index in [1.165, 1.54) is 18.3 Å². The minimum Gasteiger partial charge on any atom is -0.494 e. The summed E-state index contributed by atoms with van der Waals surface area (Å²) in [6.45, 7) is 2.98. The molecule has 6 nitrogen and oxygen atoms in total. The Kier molecular flexibility index (Phi) is 6.14. The number of carbonyl (C=O) groups is 1. The Labute approximate surface area is 202 Å². The molecule has 1 atom stereocenters. The largest absolute Gasteiger partial charge is 0.494 e. The number of nitrogens with one attached hydrogen (secondary N) is 1. The number of aliphatic imine (C=N–C) groups is 1. The molecule has 2 heterocycles. The van der Waals surface area contributed by atoms with Crippen molar-refractivity contribution in [1.29, 1.82) is 0 Å². The number of hydrogen-bond donors (Lipinski definition) is 2. The first-order valence-electron chi connectivity index (χ1n) is 11.5. The fourth-order valence-electron chi connectivity index (χ4n) is 4.21. The van der Waals surface area contributed by atoms with Crippen LogP contribution in [-0.4, -0.2) is 34.9 Å². The lowest BCUT2D eigenvalue weighted by molar-refractivity contribution is -0.136. The zero-order valence-electron chi connectivity index (χ0n) is 19.2. The first-order valence-corrected chi connectivity index (χ1v) is 11.5. The van der Waals surface area contributed by atoms with Gasteiger partial charge in [0, 0.05) is 22.7 Å².